The number of nitrogens with zero attached hydrogens (tertiary/aromatic N) is 1. The van der Waals surface area contributed by atoms with E-state index >= 15 is 0 Å². The lowest BCUT2D eigenvalue weighted by Gasteiger charge is -2.37. The van der Waals surface area contributed by atoms with Crippen LogP contribution in [0.2, 0.25) is 0 Å². The lowest BCUT2D eigenvalue weighted by atomic mass is 9.90. The third kappa shape index (κ3) is 3.48. The standard InChI is InChI=1S/C15H25NO3/c1-11-5-4-10-16(14(11)15(18)19)13(17)9-8-12-6-2-3-7-12/h11-12,14H,2-10H2,1H3,(H,18,19). The van der Waals surface area contributed by atoms with Gasteiger partial charge >= 0.3 is 5.97 Å². The van der Waals surface area contributed by atoms with E-state index < -0.39 is 12.0 Å². The minimum absolute atomic E-state index is 0.0471. The quantitative estimate of drug-likeness (QED) is 0.852. The molecule has 1 heterocycles. The van der Waals surface area contributed by atoms with E-state index in [1.165, 1.54) is 25.7 Å². The second-order valence-corrected chi connectivity index (χ2v) is 6.18. The summed E-state index contributed by atoms with van der Waals surface area (Å²) in [5.74, 6) is -0.0385. The second kappa shape index (κ2) is 6.40. The number of hydrogen-bond acceptors (Lipinski definition) is 2. The second-order valence-electron chi connectivity index (χ2n) is 6.18. The smallest absolute Gasteiger partial charge is 0.326 e. The van der Waals surface area contributed by atoms with Crippen molar-refractivity contribution in [2.24, 2.45) is 11.8 Å². The summed E-state index contributed by atoms with van der Waals surface area (Å²) in [6.45, 7) is 2.56. The summed E-state index contributed by atoms with van der Waals surface area (Å²) >= 11 is 0. The Bertz CT molecular complexity index is 336. The highest BCUT2D eigenvalue weighted by atomic mass is 16.4. The Hall–Kier alpha value is -1.06. The van der Waals surface area contributed by atoms with Gasteiger partial charge in [-0.3, -0.25) is 4.79 Å². The SMILES string of the molecule is CC1CCCN(C(=O)CCC2CCCC2)C1C(=O)O. The van der Waals surface area contributed by atoms with Gasteiger partial charge in [-0.2, -0.15) is 0 Å². The molecule has 0 radical (unpaired) electrons. The molecule has 0 bridgehead atoms. The molecule has 1 saturated carbocycles. The van der Waals surface area contributed by atoms with Crippen molar-refractivity contribution in [2.75, 3.05) is 6.54 Å². The van der Waals surface area contributed by atoms with Crippen molar-refractivity contribution < 1.29 is 14.7 Å². The van der Waals surface area contributed by atoms with Crippen LogP contribution >= 0.6 is 0 Å². The zero-order valence-electron chi connectivity index (χ0n) is 11.8. The molecule has 1 saturated heterocycles. The fourth-order valence-corrected chi connectivity index (χ4v) is 3.61. The number of carbonyl (C=O) groups excluding carboxylic acids is 1. The minimum Gasteiger partial charge on any atom is -0.480 e. The van der Waals surface area contributed by atoms with Crippen molar-refractivity contribution in [1.82, 2.24) is 4.90 Å². The van der Waals surface area contributed by atoms with Crippen LogP contribution in [0.5, 0.6) is 0 Å². The molecule has 19 heavy (non-hydrogen) atoms. The maximum absolute atomic E-state index is 12.3. The summed E-state index contributed by atoms with van der Waals surface area (Å²) in [6, 6.07) is -0.607. The Kier molecular flexibility index (Phi) is 4.83. The Labute approximate surface area is 115 Å². The van der Waals surface area contributed by atoms with Crippen LogP contribution in [0.1, 0.15) is 58.3 Å². The lowest BCUT2D eigenvalue weighted by molar-refractivity contribution is -0.154. The third-order valence-electron chi connectivity index (χ3n) is 4.75. The number of rotatable bonds is 4. The highest BCUT2D eigenvalue weighted by Crippen LogP contribution is 2.30. The number of carboxylic acid groups (broad SMARTS) is 1. The number of likely N-dealkylation sites (tertiary alicyclic amines) is 1. The van der Waals surface area contributed by atoms with Gasteiger partial charge in [-0.05, 0) is 31.1 Å². The number of aliphatic carboxylic acids is 1. The predicted molar refractivity (Wildman–Crippen MR) is 72.7 cm³/mol. The van der Waals surface area contributed by atoms with Gasteiger partial charge in [-0.25, -0.2) is 4.79 Å². The molecule has 0 spiro atoms. The maximum Gasteiger partial charge on any atom is 0.326 e. The molecule has 108 valence electrons. The Morgan fingerprint density at radius 2 is 1.84 bits per heavy atom. The molecule has 2 aliphatic rings. The van der Waals surface area contributed by atoms with E-state index in [9.17, 15) is 14.7 Å². The van der Waals surface area contributed by atoms with E-state index in [1.54, 1.807) is 4.90 Å². The normalized spacial score (nSPS) is 28.6. The summed E-state index contributed by atoms with van der Waals surface area (Å²) in [7, 11) is 0. The highest BCUT2D eigenvalue weighted by Gasteiger charge is 2.36. The Morgan fingerprint density at radius 1 is 1.16 bits per heavy atom. The molecule has 1 N–H and O–H groups in total. The van der Waals surface area contributed by atoms with Crippen molar-refractivity contribution in [3.63, 3.8) is 0 Å². The van der Waals surface area contributed by atoms with Gasteiger partial charge < -0.3 is 10.0 Å². The van der Waals surface area contributed by atoms with E-state index in [0.717, 1.165) is 19.3 Å². The first-order valence-corrected chi connectivity index (χ1v) is 7.62. The summed E-state index contributed by atoms with van der Waals surface area (Å²) in [4.78, 5) is 25.2. The zero-order chi connectivity index (χ0) is 13.8. The molecule has 0 aromatic carbocycles. The minimum atomic E-state index is -0.846. The average Bonchev–Trinajstić information content (AvgIpc) is 2.88. The summed E-state index contributed by atoms with van der Waals surface area (Å²) in [5, 5.41) is 9.31. The molecular weight excluding hydrogens is 242 g/mol. The van der Waals surface area contributed by atoms with Gasteiger partial charge in [0.2, 0.25) is 5.91 Å². The topological polar surface area (TPSA) is 57.6 Å². The molecule has 1 aliphatic carbocycles. The van der Waals surface area contributed by atoms with Crippen LogP contribution in [0.15, 0.2) is 0 Å². The molecule has 4 heteroatoms. The Morgan fingerprint density at radius 3 is 2.47 bits per heavy atom. The van der Waals surface area contributed by atoms with Crippen LogP contribution in [0, 0.1) is 11.8 Å². The number of carbonyl (C=O) groups is 2. The van der Waals surface area contributed by atoms with Gasteiger partial charge in [0.25, 0.3) is 0 Å². The van der Waals surface area contributed by atoms with E-state index in [4.69, 9.17) is 0 Å². The van der Waals surface area contributed by atoms with Gasteiger partial charge in [-0.1, -0.05) is 32.6 Å². The summed E-state index contributed by atoms with van der Waals surface area (Å²) in [6.07, 6.45) is 8.37. The van der Waals surface area contributed by atoms with E-state index in [1.807, 2.05) is 6.92 Å². The zero-order valence-corrected chi connectivity index (χ0v) is 11.8. The Balaban J connectivity index is 1.89. The van der Waals surface area contributed by atoms with E-state index in [0.29, 0.717) is 18.9 Å². The molecule has 2 atom stereocenters. The number of piperidine rings is 1. The molecule has 2 rings (SSSR count). The molecule has 1 aliphatic heterocycles. The molecular formula is C15H25NO3. The molecule has 0 aromatic rings. The molecule has 4 nitrogen and oxygen atoms in total. The van der Waals surface area contributed by atoms with Gasteiger partial charge in [0.05, 0.1) is 0 Å². The molecule has 0 aromatic heterocycles. The predicted octanol–water partition coefficient (Wildman–Crippen LogP) is 2.67. The monoisotopic (exact) mass is 267 g/mol. The largest absolute Gasteiger partial charge is 0.480 e. The lowest BCUT2D eigenvalue weighted by Crippen LogP contribution is -2.51. The first-order chi connectivity index (χ1) is 9.09. The van der Waals surface area contributed by atoms with E-state index in [-0.39, 0.29) is 11.8 Å². The van der Waals surface area contributed by atoms with Gasteiger partial charge in [0, 0.05) is 13.0 Å². The first kappa shape index (κ1) is 14.4. The van der Waals surface area contributed by atoms with Crippen molar-refractivity contribution >= 4 is 11.9 Å². The van der Waals surface area contributed by atoms with Crippen molar-refractivity contribution in [3.05, 3.63) is 0 Å². The third-order valence-corrected chi connectivity index (χ3v) is 4.75. The van der Waals surface area contributed by atoms with Gasteiger partial charge in [0.15, 0.2) is 0 Å². The van der Waals surface area contributed by atoms with Crippen LogP contribution in [-0.4, -0.2) is 34.5 Å². The van der Waals surface area contributed by atoms with Crippen LogP contribution in [0.25, 0.3) is 0 Å². The average molecular weight is 267 g/mol. The number of carboxylic acids is 1. The first-order valence-electron chi connectivity index (χ1n) is 7.62. The fraction of sp³-hybridized carbons (Fsp3) is 0.867. The van der Waals surface area contributed by atoms with E-state index in [2.05, 4.69) is 0 Å². The van der Waals surface area contributed by atoms with Crippen LogP contribution < -0.4 is 0 Å². The summed E-state index contributed by atoms with van der Waals surface area (Å²) in [5.41, 5.74) is 0. The van der Waals surface area contributed by atoms with Crippen molar-refractivity contribution in [2.45, 2.75) is 64.3 Å². The highest BCUT2D eigenvalue weighted by molar-refractivity contribution is 5.84. The maximum atomic E-state index is 12.3. The molecule has 2 fully saturated rings. The fourth-order valence-electron chi connectivity index (χ4n) is 3.61. The number of amides is 1. The van der Waals surface area contributed by atoms with Gasteiger partial charge in [-0.15, -0.1) is 0 Å². The number of hydrogen-bond donors (Lipinski definition) is 1. The van der Waals surface area contributed by atoms with Gasteiger partial charge in [0.1, 0.15) is 6.04 Å². The van der Waals surface area contributed by atoms with Crippen LogP contribution in [-0.2, 0) is 9.59 Å². The van der Waals surface area contributed by atoms with Crippen LogP contribution in [0.3, 0.4) is 0 Å². The summed E-state index contributed by atoms with van der Waals surface area (Å²) < 4.78 is 0. The van der Waals surface area contributed by atoms with Crippen LogP contribution in [0.4, 0.5) is 0 Å². The van der Waals surface area contributed by atoms with Crippen molar-refractivity contribution in [1.29, 1.82) is 0 Å². The molecule has 1 amide bonds. The van der Waals surface area contributed by atoms with Crippen molar-refractivity contribution in [3.8, 4) is 0 Å². The molecule has 2 unspecified atom stereocenters.